The summed E-state index contributed by atoms with van der Waals surface area (Å²) in [5.74, 6) is 1.69. The first-order valence-corrected chi connectivity index (χ1v) is 22.6. The van der Waals surface area contributed by atoms with Gasteiger partial charge in [-0.25, -0.2) is 16.8 Å². The van der Waals surface area contributed by atoms with Crippen LogP contribution in [0.2, 0.25) is 0 Å². The SMILES string of the molecule is CC#N.CN1CCNCC1.Cc1ccc(S(=O)(=O)SCCCCl)cc1.Cc1ccc(S(=O)(=O)SCCCN2CCN(C)CC2)cc1.O=CO[O-].[H-].[K+].[K+]. The molecule has 2 saturated heterocycles. The summed E-state index contributed by atoms with van der Waals surface area (Å²) in [7, 11) is -0.0843. The molecule has 0 spiro atoms. The van der Waals surface area contributed by atoms with E-state index in [0.29, 0.717) is 33.6 Å². The second-order valence-corrected chi connectivity index (χ2v) is 19.7. The maximum absolute atomic E-state index is 12.2. The van der Waals surface area contributed by atoms with Crippen LogP contribution < -0.4 is 113 Å². The number of piperazine rings is 2. The predicted octanol–water partition coefficient (Wildman–Crippen LogP) is -2.29. The predicted molar refractivity (Wildman–Crippen MR) is 205 cm³/mol. The molecule has 2 aliphatic heterocycles. The molecule has 0 saturated carbocycles. The van der Waals surface area contributed by atoms with Crippen LogP contribution >= 0.6 is 33.2 Å². The molecule has 0 aliphatic carbocycles. The van der Waals surface area contributed by atoms with Gasteiger partial charge < -0.3 is 31.6 Å². The van der Waals surface area contributed by atoms with Gasteiger partial charge in [0.1, 0.15) is 0 Å². The summed E-state index contributed by atoms with van der Waals surface area (Å²) in [5, 5.41) is 19.0. The van der Waals surface area contributed by atoms with Gasteiger partial charge in [0.15, 0.2) is 0 Å². The minimum absolute atomic E-state index is 0. The van der Waals surface area contributed by atoms with Crippen molar-refractivity contribution in [1.82, 2.24) is 20.0 Å². The van der Waals surface area contributed by atoms with Gasteiger partial charge in [0.25, 0.3) is 6.47 Å². The number of likely N-dealkylation sites (N-methyl/N-ethyl adjacent to an activating group) is 2. The maximum Gasteiger partial charge on any atom is 1.00 e. The molecule has 52 heavy (non-hydrogen) atoms. The van der Waals surface area contributed by atoms with Crippen LogP contribution in [0.1, 0.15) is 32.3 Å². The Labute approximate surface area is 411 Å². The number of aryl methyl sites for hydroxylation is 2. The number of halogens is 1. The number of nitriles is 1. The zero-order valence-electron chi connectivity index (χ0n) is 32.8. The monoisotopic (exact) mass is 873 g/mol. The van der Waals surface area contributed by atoms with Crippen molar-refractivity contribution >= 4 is 57.4 Å². The normalized spacial score (nSPS) is 14.6. The number of carbonyl (C=O) groups excluding carboxylic acids is 1. The van der Waals surface area contributed by atoms with Crippen LogP contribution in [0.3, 0.4) is 0 Å². The van der Waals surface area contributed by atoms with Crippen LogP contribution in [-0.4, -0.2) is 128 Å². The summed E-state index contributed by atoms with van der Waals surface area (Å²) in [6.45, 7) is 15.3. The van der Waals surface area contributed by atoms with Gasteiger partial charge in [0.05, 0.1) is 15.9 Å². The molecule has 0 bridgehead atoms. The molecule has 0 amide bonds. The second-order valence-electron chi connectivity index (χ2n) is 11.2. The summed E-state index contributed by atoms with van der Waals surface area (Å²) in [4.78, 5) is 19.1. The zero-order valence-corrected chi connectivity index (χ0v) is 42.0. The van der Waals surface area contributed by atoms with E-state index in [1.807, 2.05) is 26.0 Å². The molecular formula is C33H54ClK2N5O7S4. The van der Waals surface area contributed by atoms with Gasteiger partial charge in [-0.3, -0.25) is 4.79 Å². The van der Waals surface area contributed by atoms with Crippen molar-refractivity contribution in [2.45, 2.75) is 43.4 Å². The fraction of sp³-hybridized carbons (Fsp3) is 0.576. The Morgan fingerprint density at radius 2 is 1.19 bits per heavy atom. The van der Waals surface area contributed by atoms with E-state index in [1.54, 1.807) is 42.5 Å². The van der Waals surface area contributed by atoms with Crippen LogP contribution in [0.5, 0.6) is 0 Å². The summed E-state index contributed by atoms with van der Waals surface area (Å²) < 4.78 is 47.8. The molecule has 0 atom stereocenters. The van der Waals surface area contributed by atoms with E-state index in [-0.39, 0.29) is 111 Å². The molecule has 2 aromatic carbocycles. The molecule has 0 aromatic heterocycles. The third kappa shape index (κ3) is 29.6. The minimum Gasteiger partial charge on any atom is -1.00 e. The molecule has 12 nitrogen and oxygen atoms in total. The summed E-state index contributed by atoms with van der Waals surface area (Å²) in [5.41, 5.74) is 2.13. The third-order valence-electron chi connectivity index (χ3n) is 6.97. The number of carbonyl (C=O) groups is 1. The fourth-order valence-corrected chi connectivity index (χ4v) is 10.0. The Morgan fingerprint density at radius 1 is 0.827 bits per heavy atom. The van der Waals surface area contributed by atoms with E-state index >= 15 is 0 Å². The van der Waals surface area contributed by atoms with Gasteiger partial charge >= 0.3 is 103 Å². The Morgan fingerprint density at radius 3 is 1.52 bits per heavy atom. The number of alkyl halides is 1. The van der Waals surface area contributed by atoms with E-state index in [1.165, 1.54) is 20.0 Å². The average Bonchev–Trinajstić information content (AvgIpc) is 3.09. The van der Waals surface area contributed by atoms with E-state index < -0.39 is 17.7 Å². The second kappa shape index (κ2) is 35.5. The summed E-state index contributed by atoms with van der Waals surface area (Å²) >= 11 is 5.49. The van der Waals surface area contributed by atoms with E-state index in [0.717, 1.165) is 84.9 Å². The molecular weight excluding hydrogens is 820 g/mol. The molecule has 4 rings (SSSR count). The third-order valence-corrected chi connectivity index (χ3v) is 14.5. The minimum atomic E-state index is -3.20. The molecule has 19 heteroatoms. The summed E-state index contributed by atoms with van der Waals surface area (Å²) in [6.07, 6.45) is 1.62. The largest absolute Gasteiger partial charge is 1.00 e. The number of rotatable bonds is 12. The van der Waals surface area contributed by atoms with Crippen molar-refractivity contribution in [3.05, 3.63) is 59.7 Å². The van der Waals surface area contributed by atoms with Crippen molar-refractivity contribution in [1.29, 1.82) is 5.26 Å². The topological polar surface area (TPSA) is 163 Å². The van der Waals surface area contributed by atoms with Gasteiger partial charge in [-0.2, -0.15) is 5.26 Å². The molecule has 286 valence electrons. The fourth-order valence-electron chi connectivity index (χ4n) is 4.07. The first kappa shape index (κ1) is 57.7. The Hall–Kier alpha value is 1.36. The van der Waals surface area contributed by atoms with Crippen LogP contribution in [-0.2, 0) is 27.4 Å². The van der Waals surface area contributed by atoms with Gasteiger partial charge in [-0.1, -0.05) is 35.4 Å². The molecule has 2 fully saturated rings. The Balaban J connectivity index is -0.000000327. The van der Waals surface area contributed by atoms with Crippen molar-refractivity contribution in [2.75, 3.05) is 90.4 Å². The quantitative estimate of drug-likeness (QED) is 0.0462. The number of benzene rings is 2. The van der Waals surface area contributed by atoms with Crippen molar-refractivity contribution in [3.8, 4) is 6.07 Å². The molecule has 2 heterocycles. The number of nitrogens with zero attached hydrogens (tertiary/aromatic N) is 4. The standard InChI is InChI=1S/C15H24N2O2S2.C10H13ClO2S2.C5H12N2.C2H3N.CH2O3.2K.H/c1-14-4-6-15(7-5-14)21(18,19)20-13-3-8-17-11-9-16(2)10-12-17;1-9-3-5-10(6-4-9)15(12,13)14-8-2-7-11;1-7-4-2-6-3-5-7;1-2-3;2-1-4-3;;;/h4-7H,3,8-13H2,1-2H3;3-6H,2,7-8H2,1H3;6H,2-5H2,1H3;1H3;1,3H;;;/q;;;;;2*+1;-1/p-1. The van der Waals surface area contributed by atoms with Crippen molar-refractivity contribution in [3.63, 3.8) is 0 Å². The molecule has 0 unspecified atom stereocenters. The van der Waals surface area contributed by atoms with Gasteiger partial charge in [-0.15, -0.1) is 11.6 Å². The Bertz CT molecular complexity index is 1440. The molecule has 0 radical (unpaired) electrons. The smallest absolute Gasteiger partial charge is 1.00 e. The van der Waals surface area contributed by atoms with Gasteiger partial charge in [-0.05, 0) is 93.2 Å². The molecule has 2 aliphatic rings. The van der Waals surface area contributed by atoms with Crippen LogP contribution in [0.25, 0.3) is 0 Å². The maximum atomic E-state index is 12.2. The molecule has 2 aromatic rings. The van der Waals surface area contributed by atoms with Gasteiger partial charge in [0, 0.05) is 76.7 Å². The number of hydrogen-bond donors (Lipinski definition) is 1. The first-order valence-electron chi connectivity index (χ1n) is 16.1. The first-order chi connectivity index (χ1) is 23.8. The van der Waals surface area contributed by atoms with Crippen LogP contribution in [0.4, 0.5) is 0 Å². The van der Waals surface area contributed by atoms with Crippen molar-refractivity contribution in [2.24, 2.45) is 0 Å². The number of hydrogen-bond acceptors (Lipinski definition) is 14. The van der Waals surface area contributed by atoms with Crippen molar-refractivity contribution < 1.29 is 136 Å². The van der Waals surface area contributed by atoms with Gasteiger partial charge in [0.2, 0.25) is 17.7 Å². The molecule has 1 N–H and O–H groups in total. The van der Waals surface area contributed by atoms with E-state index in [4.69, 9.17) is 26.9 Å². The van der Waals surface area contributed by atoms with E-state index in [2.05, 4.69) is 39.0 Å². The average molecular weight is 875 g/mol. The van der Waals surface area contributed by atoms with Crippen LogP contribution in [0.15, 0.2) is 58.3 Å². The number of nitrogens with one attached hydrogen (secondary N) is 1. The summed E-state index contributed by atoms with van der Waals surface area (Å²) in [6, 6.07) is 15.7. The zero-order chi connectivity index (χ0) is 37.8. The Kier molecular flexibility index (Phi) is 39.4. The van der Waals surface area contributed by atoms with Crippen LogP contribution in [0, 0.1) is 25.2 Å². The van der Waals surface area contributed by atoms with E-state index in [9.17, 15) is 16.8 Å².